The van der Waals surface area contributed by atoms with Gasteiger partial charge in [0.2, 0.25) is 11.9 Å². The number of anilines is 1. The Morgan fingerprint density at radius 1 is 1.17 bits per heavy atom. The predicted molar refractivity (Wildman–Crippen MR) is 85.1 cm³/mol. The molecular formula is C17H19N3O3. The fraction of sp³-hybridized carbons (Fsp3) is 0.471. The van der Waals surface area contributed by atoms with Crippen LogP contribution in [0.2, 0.25) is 0 Å². The Bertz CT molecular complexity index is 776. The maximum absolute atomic E-state index is 12.3. The first-order valence-corrected chi connectivity index (χ1v) is 8.16. The minimum atomic E-state index is -0.894. The normalized spacial score (nSPS) is 24.0. The first-order valence-electron chi connectivity index (χ1n) is 8.16. The Morgan fingerprint density at radius 3 is 2.61 bits per heavy atom. The topological polar surface area (TPSA) is 84.2 Å². The van der Waals surface area contributed by atoms with E-state index >= 15 is 0 Å². The molecule has 120 valence electrons. The zero-order chi connectivity index (χ0) is 16.0. The molecule has 1 aromatic heterocycles. The Labute approximate surface area is 133 Å². The number of amides is 1. The molecule has 2 fully saturated rings. The number of rotatable bonds is 4. The van der Waals surface area contributed by atoms with Crippen molar-refractivity contribution < 1.29 is 14.7 Å². The molecule has 2 aliphatic carbocycles. The number of nitrogens with one attached hydrogen (secondary N) is 1. The number of hydrogen-bond donors (Lipinski definition) is 2. The molecule has 0 saturated heterocycles. The van der Waals surface area contributed by atoms with Crippen molar-refractivity contribution in [2.24, 2.45) is 11.8 Å². The van der Waals surface area contributed by atoms with Crippen LogP contribution < -0.4 is 5.32 Å². The summed E-state index contributed by atoms with van der Waals surface area (Å²) in [5.41, 5.74) is 1.89. The maximum Gasteiger partial charge on any atom is 0.307 e. The molecule has 2 atom stereocenters. The van der Waals surface area contributed by atoms with E-state index in [1.165, 1.54) is 12.8 Å². The van der Waals surface area contributed by atoms with E-state index in [0.29, 0.717) is 18.4 Å². The van der Waals surface area contributed by atoms with Crippen molar-refractivity contribution in [3.63, 3.8) is 0 Å². The van der Waals surface area contributed by atoms with E-state index in [9.17, 15) is 9.59 Å². The molecule has 23 heavy (non-hydrogen) atoms. The third-order valence-corrected chi connectivity index (χ3v) is 4.97. The molecule has 2 N–H and O–H groups in total. The first kappa shape index (κ1) is 14.2. The third-order valence-electron chi connectivity index (χ3n) is 4.97. The number of aromatic nitrogens is 2. The average Bonchev–Trinajstić information content (AvgIpc) is 3.02. The highest BCUT2D eigenvalue weighted by Crippen LogP contribution is 2.40. The summed E-state index contributed by atoms with van der Waals surface area (Å²) in [7, 11) is 0. The molecule has 1 amide bonds. The number of nitrogens with zero attached hydrogens (tertiary/aromatic N) is 2. The summed E-state index contributed by atoms with van der Waals surface area (Å²) < 4.78 is 2.12. The van der Waals surface area contributed by atoms with Crippen LogP contribution >= 0.6 is 0 Å². The fourth-order valence-corrected chi connectivity index (χ4v) is 3.63. The lowest BCUT2D eigenvalue weighted by Gasteiger charge is -2.16. The van der Waals surface area contributed by atoms with E-state index in [-0.39, 0.29) is 5.91 Å². The summed E-state index contributed by atoms with van der Waals surface area (Å²) in [6, 6.07) is 8.22. The van der Waals surface area contributed by atoms with Crippen LogP contribution in [0.1, 0.15) is 38.1 Å². The molecule has 0 bridgehead atoms. The second-order valence-electron chi connectivity index (χ2n) is 6.51. The SMILES string of the molecule is O=C(O)[C@H]1C[C@H]1C(=O)Nc1nc2ccccc2n1C1CCCC1. The molecule has 1 aromatic carbocycles. The number of fused-ring (bicyclic) bond motifs is 1. The second kappa shape index (κ2) is 5.37. The number of carboxylic acid groups (broad SMARTS) is 1. The number of carbonyl (C=O) groups excluding carboxylic acids is 1. The van der Waals surface area contributed by atoms with Gasteiger partial charge in [-0.2, -0.15) is 0 Å². The largest absolute Gasteiger partial charge is 0.481 e. The number of aliphatic carboxylic acids is 1. The molecule has 0 aliphatic heterocycles. The molecule has 0 spiro atoms. The Hall–Kier alpha value is -2.37. The Morgan fingerprint density at radius 2 is 1.91 bits per heavy atom. The zero-order valence-corrected chi connectivity index (χ0v) is 12.7. The van der Waals surface area contributed by atoms with Crippen LogP contribution in [0.25, 0.3) is 11.0 Å². The van der Waals surface area contributed by atoms with Gasteiger partial charge in [0, 0.05) is 6.04 Å². The minimum absolute atomic E-state index is 0.230. The molecule has 2 aliphatic rings. The van der Waals surface area contributed by atoms with Gasteiger partial charge in [-0.1, -0.05) is 25.0 Å². The van der Waals surface area contributed by atoms with E-state index in [4.69, 9.17) is 5.11 Å². The Kier molecular flexibility index (Phi) is 3.32. The van der Waals surface area contributed by atoms with Crippen LogP contribution in [0.15, 0.2) is 24.3 Å². The van der Waals surface area contributed by atoms with Crippen LogP contribution in [0.3, 0.4) is 0 Å². The number of imidazole rings is 1. The summed E-state index contributed by atoms with van der Waals surface area (Å²) in [6.07, 6.45) is 4.97. The molecule has 6 nitrogen and oxygen atoms in total. The fourth-order valence-electron chi connectivity index (χ4n) is 3.63. The smallest absolute Gasteiger partial charge is 0.307 e. The molecule has 0 radical (unpaired) electrons. The van der Waals surface area contributed by atoms with Gasteiger partial charge in [-0.3, -0.25) is 14.9 Å². The van der Waals surface area contributed by atoms with Crippen LogP contribution in [-0.2, 0) is 9.59 Å². The number of carbonyl (C=O) groups is 2. The molecule has 0 unspecified atom stereocenters. The highest BCUT2D eigenvalue weighted by atomic mass is 16.4. The number of hydrogen-bond acceptors (Lipinski definition) is 3. The van der Waals surface area contributed by atoms with Gasteiger partial charge < -0.3 is 9.67 Å². The molecule has 2 aromatic rings. The van der Waals surface area contributed by atoms with Crippen molar-refractivity contribution in [1.29, 1.82) is 0 Å². The summed E-state index contributed by atoms with van der Waals surface area (Å²) in [5.74, 6) is -1.54. The third kappa shape index (κ3) is 2.48. The lowest BCUT2D eigenvalue weighted by Crippen LogP contribution is -2.20. The van der Waals surface area contributed by atoms with Gasteiger partial charge in [0.05, 0.1) is 22.9 Å². The lowest BCUT2D eigenvalue weighted by atomic mass is 10.2. The van der Waals surface area contributed by atoms with Gasteiger partial charge in [-0.15, -0.1) is 0 Å². The summed E-state index contributed by atoms with van der Waals surface area (Å²) in [5, 5.41) is 11.9. The standard InChI is InChI=1S/C17H19N3O3/c21-15(11-9-12(11)16(22)23)19-17-18-13-7-3-4-8-14(13)20(17)10-5-1-2-6-10/h3-4,7-8,10-12H,1-2,5-6,9H2,(H,22,23)(H,18,19,21)/t11-,12+/m1/s1. The van der Waals surface area contributed by atoms with Gasteiger partial charge in [-0.25, -0.2) is 4.98 Å². The van der Waals surface area contributed by atoms with Crippen LogP contribution in [0.5, 0.6) is 0 Å². The number of para-hydroxylation sites is 2. The quantitative estimate of drug-likeness (QED) is 0.909. The van der Waals surface area contributed by atoms with Crippen molar-refractivity contribution in [3.05, 3.63) is 24.3 Å². The average molecular weight is 313 g/mol. The molecular weight excluding hydrogens is 294 g/mol. The van der Waals surface area contributed by atoms with Crippen molar-refractivity contribution in [3.8, 4) is 0 Å². The van der Waals surface area contributed by atoms with Crippen molar-refractivity contribution in [1.82, 2.24) is 9.55 Å². The monoisotopic (exact) mass is 313 g/mol. The van der Waals surface area contributed by atoms with E-state index in [2.05, 4.69) is 14.9 Å². The lowest BCUT2D eigenvalue weighted by molar-refractivity contribution is -0.139. The zero-order valence-electron chi connectivity index (χ0n) is 12.7. The van der Waals surface area contributed by atoms with E-state index in [1.54, 1.807) is 0 Å². The van der Waals surface area contributed by atoms with Crippen molar-refractivity contribution in [2.75, 3.05) is 5.32 Å². The van der Waals surface area contributed by atoms with Gasteiger partial charge >= 0.3 is 5.97 Å². The van der Waals surface area contributed by atoms with Gasteiger partial charge in [-0.05, 0) is 31.4 Å². The molecule has 2 saturated carbocycles. The molecule has 6 heteroatoms. The Balaban J connectivity index is 1.65. The summed E-state index contributed by atoms with van der Waals surface area (Å²) >= 11 is 0. The highest BCUT2D eigenvalue weighted by Gasteiger charge is 2.48. The van der Waals surface area contributed by atoms with Crippen molar-refractivity contribution in [2.45, 2.75) is 38.1 Å². The van der Waals surface area contributed by atoms with Crippen LogP contribution in [-0.4, -0.2) is 26.5 Å². The van der Waals surface area contributed by atoms with E-state index in [0.717, 1.165) is 23.9 Å². The van der Waals surface area contributed by atoms with E-state index in [1.807, 2.05) is 24.3 Å². The second-order valence-corrected chi connectivity index (χ2v) is 6.51. The molecule has 1 heterocycles. The van der Waals surface area contributed by atoms with Crippen LogP contribution in [0.4, 0.5) is 5.95 Å². The predicted octanol–water partition coefficient (Wildman–Crippen LogP) is 2.81. The summed E-state index contributed by atoms with van der Waals surface area (Å²) in [6.45, 7) is 0. The summed E-state index contributed by atoms with van der Waals surface area (Å²) in [4.78, 5) is 27.8. The van der Waals surface area contributed by atoms with Gasteiger partial charge in [0.1, 0.15) is 0 Å². The number of benzene rings is 1. The number of carboxylic acids is 1. The first-order chi connectivity index (χ1) is 11.1. The van der Waals surface area contributed by atoms with Crippen LogP contribution in [0, 0.1) is 11.8 Å². The minimum Gasteiger partial charge on any atom is -0.481 e. The van der Waals surface area contributed by atoms with Crippen molar-refractivity contribution >= 4 is 28.9 Å². The van der Waals surface area contributed by atoms with E-state index < -0.39 is 17.8 Å². The van der Waals surface area contributed by atoms with Gasteiger partial charge in [0.15, 0.2) is 0 Å². The maximum atomic E-state index is 12.3. The highest BCUT2D eigenvalue weighted by molar-refractivity contribution is 5.98. The van der Waals surface area contributed by atoms with Gasteiger partial charge in [0.25, 0.3) is 0 Å². The molecule has 4 rings (SSSR count).